The third-order valence-corrected chi connectivity index (χ3v) is 7.86. The summed E-state index contributed by atoms with van der Waals surface area (Å²) < 4.78 is 23.0. The average Bonchev–Trinajstić information content (AvgIpc) is 3.30. The van der Waals surface area contributed by atoms with Crippen molar-refractivity contribution in [1.82, 2.24) is 9.80 Å². The molecule has 1 amide bonds. The van der Waals surface area contributed by atoms with Gasteiger partial charge in [0.25, 0.3) is 11.7 Å². The van der Waals surface area contributed by atoms with Crippen LogP contribution in [0.5, 0.6) is 23.0 Å². The monoisotopic (exact) mass is 586 g/mol. The number of likely N-dealkylation sites (tertiary alicyclic amines) is 1. The van der Waals surface area contributed by atoms with Crippen LogP contribution in [0.4, 0.5) is 0 Å². The molecule has 0 aromatic heterocycles. The maximum Gasteiger partial charge on any atom is 0.295 e. The molecule has 0 unspecified atom stereocenters. The van der Waals surface area contributed by atoms with E-state index in [0.29, 0.717) is 66.9 Å². The second-order valence-corrected chi connectivity index (χ2v) is 10.4. The molecule has 43 heavy (non-hydrogen) atoms. The van der Waals surface area contributed by atoms with E-state index >= 15 is 0 Å². The standard InChI is InChI=1S/C34H38N2O7/c1-4-35(5-2)16-9-17-36-31(24-12-14-26(28(20-24)40-3)43-22-23-10-7-6-8-11-23)30(33(38)34(36)39)32(37)25-13-15-27-29(21-25)42-19-18-41-27/h6-8,10-15,20-21,31,37H,4-5,9,16-19,22H2,1-3H3/t31-/m1/s1. The van der Waals surface area contributed by atoms with Gasteiger partial charge in [-0.05, 0) is 67.5 Å². The molecule has 3 aromatic rings. The highest BCUT2D eigenvalue weighted by Crippen LogP contribution is 2.43. The van der Waals surface area contributed by atoms with Crippen LogP contribution >= 0.6 is 0 Å². The first kappa shape index (κ1) is 30.0. The van der Waals surface area contributed by atoms with E-state index in [0.717, 1.165) is 25.2 Å². The molecule has 1 N–H and O–H groups in total. The lowest BCUT2D eigenvalue weighted by Crippen LogP contribution is -2.33. The Labute approximate surface area is 252 Å². The number of carbonyl (C=O) groups is 2. The number of methoxy groups -OCH3 is 1. The van der Waals surface area contributed by atoms with Crippen LogP contribution in [0.3, 0.4) is 0 Å². The van der Waals surface area contributed by atoms with E-state index in [4.69, 9.17) is 18.9 Å². The first-order chi connectivity index (χ1) is 20.9. The molecule has 1 saturated heterocycles. The quantitative estimate of drug-likeness (QED) is 0.176. The fourth-order valence-corrected chi connectivity index (χ4v) is 5.52. The molecule has 9 nitrogen and oxygen atoms in total. The van der Waals surface area contributed by atoms with E-state index in [1.165, 1.54) is 0 Å². The molecule has 2 aliphatic heterocycles. The minimum absolute atomic E-state index is 0.0181. The average molecular weight is 587 g/mol. The molecule has 0 bridgehead atoms. The first-order valence-electron chi connectivity index (χ1n) is 14.7. The first-order valence-corrected chi connectivity index (χ1v) is 14.7. The number of fused-ring (bicyclic) bond motifs is 1. The Morgan fingerprint density at radius 3 is 2.42 bits per heavy atom. The summed E-state index contributed by atoms with van der Waals surface area (Å²) in [6, 6.07) is 19.3. The molecule has 9 heteroatoms. The lowest BCUT2D eigenvalue weighted by molar-refractivity contribution is -0.140. The van der Waals surface area contributed by atoms with Gasteiger partial charge in [-0.1, -0.05) is 50.2 Å². The van der Waals surface area contributed by atoms with Crippen molar-refractivity contribution in [3.63, 3.8) is 0 Å². The van der Waals surface area contributed by atoms with Gasteiger partial charge in [-0.3, -0.25) is 9.59 Å². The van der Waals surface area contributed by atoms with Crippen LogP contribution in [0.25, 0.3) is 5.76 Å². The second-order valence-electron chi connectivity index (χ2n) is 10.4. The van der Waals surface area contributed by atoms with Crippen LogP contribution in [-0.4, -0.2) is 73.1 Å². The molecule has 2 heterocycles. The third kappa shape index (κ3) is 6.46. The predicted octanol–water partition coefficient (Wildman–Crippen LogP) is 5.20. The Balaban J connectivity index is 1.52. The van der Waals surface area contributed by atoms with Crippen molar-refractivity contribution < 1.29 is 33.6 Å². The van der Waals surface area contributed by atoms with Crippen LogP contribution in [0, 0.1) is 0 Å². The topological polar surface area (TPSA) is 97.8 Å². The van der Waals surface area contributed by atoms with Crippen molar-refractivity contribution in [2.45, 2.75) is 32.9 Å². The highest BCUT2D eigenvalue weighted by molar-refractivity contribution is 6.46. The molecule has 1 atom stereocenters. The van der Waals surface area contributed by atoms with Gasteiger partial charge >= 0.3 is 0 Å². The Morgan fingerprint density at radius 1 is 0.953 bits per heavy atom. The maximum absolute atomic E-state index is 13.6. The number of rotatable bonds is 12. The molecular weight excluding hydrogens is 548 g/mol. The van der Waals surface area contributed by atoms with Crippen molar-refractivity contribution in [1.29, 1.82) is 0 Å². The predicted molar refractivity (Wildman–Crippen MR) is 163 cm³/mol. The van der Waals surface area contributed by atoms with Crippen LogP contribution in [0.1, 0.15) is 43.0 Å². The van der Waals surface area contributed by atoms with Gasteiger partial charge in [0.1, 0.15) is 25.6 Å². The largest absolute Gasteiger partial charge is 0.507 e. The molecule has 3 aromatic carbocycles. The van der Waals surface area contributed by atoms with Gasteiger partial charge in [0, 0.05) is 12.1 Å². The zero-order chi connectivity index (χ0) is 30.3. The lowest BCUT2D eigenvalue weighted by Gasteiger charge is -2.27. The Hall–Kier alpha value is -4.50. The van der Waals surface area contributed by atoms with Gasteiger partial charge in [-0.25, -0.2) is 0 Å². The zero-order valence-electron chi connectivity index (χ0n) is 24.9. The van der Waals surface area contributed by atoms with Gasteiger partial charge in [0.2, 0.25) is 0 Å². The Morgan fingerprint density at radius 2 is 1.70 bits per heavy atom. The summed E-state index contributed by atoms with van der Waals surface area (Å²) in [6.07, 6.45) is 0.671. The molecular formula is C34H38N2O7. The minimum atomic E-state index is -0.818. The maximum atomic E-state index is 13.6. The summed E-state index contributed by atoms with van der Waals surface area (Å²) in [5.41, 5.74) is 2.02. The molecule has 2 aliphatic rings. The number of hydrogen-bond acceptors (Lipinski definition) is 8. The van der Waals surface area contributed by atoms with Crippen LogP contribution in [-0.2, 0) is 16.2 Å². The molecule has 0 saturated carbocycles. The lowest BCUT2D eigenvalue weighted by atomic mass is 9.94. The highest BCUT2D eigenvalue weighted by Gasteiger charge is 2.46. The number of ketones is 1. The van der Waals surface area contributed by atoms with Gasteiger partial charge in [0.15, 0.2) is 23.0 Å². The third-order valence-electron chi connectivity index (χ3n) is 7.86. The van der Waals surface area contributed by atoms with Crippen LogP contribution in [0.15, 0.2) is 72.3 Å². The van der Waals surface area contributed by atoms with Gasteiger partial charge in [-0.2, -0.15) is 0 Å². The molecule has 0 radical (unpaired) electrons. The van der Waals surface area contributed by atoms with Crippen molar-refractivity contribution in [3.05, 3.63) is 89.0 Å². The van der Waals surface area contributed by atoms with Crippen molar-refractivity contribution >= 4 is 17.4 Å². The van der Waals surface area contributed by atoms with Crippen LogP contribution < -0.4 is 18.9 Å². The van der Waals surface area contributed by atoms with Gasteiger partial charge in [0.05, 0.1) is 18.7 Å². The normalized spacial score (nSPS) is 17.4. The number of aliphatic hydroxyl groups is 1. The summed E-state index contributed by atoms with van der Waals surface area (Å²) >= 11 is 0. The summed E-state index contributed by atoms with van der Waals surface area (Å²) in [7, 11) is 1.55. The van der Waals surface area contributed by atoms with E-state index in [9.17, 15) is 14.7 Å². The number of nitrogens with zero attached hydrogens (tertiary/aromatic N) is 2. The van der Waals surface area contributed by atoms with E-state index in [-0.39, 0.29) is 11.3 Å². The number of hydrogen-bond donors (Lipinski definition) is 1. The Kier molecular flexibility index (Phi) is 9.51. The second kappa shape index (κ2) is 13.6. The molecule has 0 aliphatic carbocycles. The number of ether oxygens (including phenoxy) is 4. The summed E-state index contributed by atoms with van der Waals surface area (Å²) in [4.78, 5) is 30.9. The van der Waals surface area contributed by atoms with E-state index in [2.05, 4.69) is 18.7 Å². The Bertz CT molecular complexity index is 1480. The smallest absolute Gasteiger partial charge is 0.295 e. The van der Waals surface area contributed by atoms with Gasteiger partial charge in [-0.15, -0.1) is 0 Å². The number of benzene rings is 3. The molecule has 226 valence electrons. The van der Waals surface area contributed by atoms with E-state index in [1.54, 1.807) is 42.3 Å². The number of Topliss-reactive ketones (excluding diaryl/α,β-unsaturated/α-hetero) is 1. The summed E-state index contributed by atoms with van der Waals surface area (Å²) in [6.45, 7) is 8.27. The SMILES string of the molecule is CCN(CC)CCCN1C(=O)C(=O)C(=C(O)c2ccc3c(c2)OCCO3)[C@H]1c1ccc(OCc2ccccc2)c(OC)c1. The molecule has 5 rings (SSSR count). The molecule has 0 spiro atoms. The van der Waals surface area contributed by atoms with Crippen molar-refractivity contribution in [2.75, 3.05) is 46.5 Å². The van der Waals surface area contributed by atoms with Gasteiger partial charge < -0.3 is 33.9 Å². The summed E-state index contributed by atoms with van der Waals surface area (Å²) in [5.74, 6) is 0.376. The fourth-order valence-electron chi connectivity index (χ4n) is 5.52. The number of amides is 1. The fraction of sp³-hybridized carbons (Fsp3) is 0.353. The molecule has 1 fully saturated rings. The minimum Gasteiger partial charge on any atom is -0.507 e. The zero-order valence-corrected chi connectivity index (χ0v) is 24.9. The van der Waals surface area contributed by atoms with Crippen molar-refractivity contribution in [3.8, 4) is 23.0 Å². The van der Waals surface area contributed by atoms with Crippen molar-refractivity contribution in [2.24, 2.45) is 0 Å². The van der Waals surface area contributed by atoms with E-state index in [1.807, 2.05) is 36.4 Å². The highest BCUT2D eigenvalue weighted by atomic mass is 16.6. The number of carbonyl (C=O) groups excluding carboxylic acids is 2. The summed E-state index contributed by atoms with van der Waals surface area (Å²) in [5, 5.41) is 11.6. The number of aliphatic hydroxyl groups excluding tert-OH is 1. The van der Waals surface area contributed by atoms with E-state index < -0.39 is 17.7 Å². The van der Waals surface area contributed by atoms with Crippen LogP contribution in [0.2, 0.25) is 0 Å².